The van der Waals surface area contributed by atoms with Crippen LogP contribution in [0.15, 0.2) is 28.1 Å². The molecule has 108 valence electrons. The number of nitrogens with two attached hydrogens (primary N) is 1. The van der Waals surface area contributed by atoms with Gasteiger partial charge >= 0.3 is 0 Å². The van der Waals surface area contributed by atoms with Gasteiger partial charge in [-0.25, -0.2) is 0 Å². The van der Waals surface area contributed by atoms with Crippen LogP contribution in [0.1, 0.15) is 16.5 Å². The molecule has 0 aliphatic carbocycles. The molecular weight excluding hydrogens is 342 g/mol. The summed E-state index contributed by atoms with van der Waals surface area (Å²) in [7, 11) is 4.85. The van der Waals surface area contributed by atoms with E-state index in [4.69, 9.17) is 19.9 Å². The molecule has 0 saturated carbocycles. The lowest BCUT2D eigenvalue weighted by Crippen LogP contribution is -2.12. The first-order valence-electron chi connectivity index (χ1n) is 5.90. The molecule has 1 aromatic heterocycles. The van der Waals surface area contributed by atoms with Crippen LogP contribution in [0.5, 0.6) is 17.2 Å². The Morgan fingerprint density at radius 3 is 2.25 bits per heavy atom. The van der Waals surface area contributed by atoms with Gasteiger partial charge in [-0.2, -0.15) is 0 Å². The second kappa shape index (κ2) is 6.47. The van der Waals surface area contributed by atoms with Crippen molar-refractivity contribution in [1.29, 1.82) is 0 Å². The molecule has 0 saturated heterocycles. The maximum Gasteiger partial charge on any atom is 0.161 e. The molecule has 0 aliphatic heterocycles. The Balaban J connectivity index is 2.46. The monoisotopic (exact) mass is 357 g/mol. The summed E-state index contributed by atoms with van der Waals surface area (Å²) < 4.78 is 16.8. The van der Waals surface area contributed by atoms with Crippen LogP contribution < -0.4 is 19.9 Å². The van der Waals surface area contributed by atoms with Crippen LogP contribution in [0.4, 0.5) is 0 Å². The third-order valence-corrected chi connectivity index (χ3v) is 4.67. The normalized spacial score (nSPS) is 12.1. The van der Waals surface area contributed by atoms with Gasteiger partial charge in [0.25, 0.3) is 0 Å². The predicted octanol–water partition coefficient (Wildman–Crippen LogP) is 3.58. The third kappa shape index (κ3) is 2.77. The summed E-state index contributed by atoms with van der Waals surface area (Å²) in [6, 6.07) is 5.36. The highest BCUT2D eigenvalue weighted by atomic mass is 79.9. The highest BCUT2D eigenvalue weighted by molar-refractivity contribution is 9.10. The Morgan fingerprint density at radius 2 is 1.65 bits per heavy atom. The molecule has 1 atom stereocenters. The lowest BCUT2D eigenvalue weighted by Gasteiger charge is -2.17. The number of thiophene rings is 1. The van der Waals surface area contributed by atoms with Crippen molar-refractivity contribution in [3.8, 4) is 17.2 Å². The average Bonchev–Trinajstić information content (AvgIpc) is 2.94. The smallest absolute Gasteiger partial charge is 0.161 e. The van der Waals surface area contributed by atoms with E-state index in [-0.39, 0.29) is 6.04 Å². The van der Waals surface area contributed by atoms with Crippen molar-refractivity contribution >= 4 is 27.3 Å². The first-order chi connectivity index (χ1) is 9.62. The molecule has 0 radical (unpaired) electrons. The maximum absolute atomic E-state index is 6.36. The van der Waals surface area contributed by atoms with Gasteiger partial charge in [0.2, 0.25) is 0 Å². The van der Waals surface area contributed by atoms with Gasteiger partial charge in [0.1, 0.15) is 5.75 Å². The number of hydrogen-bond donors (Lipinski definition) is 1. The molecule has 0 bridgehead atoms. The number of hydrogen-bond acceptors (Lipinski definition) is 5. The highest BCUT2D eigenvalue weighted by Gasteiger charge is 2.20. The molecule has 20 heavy (non-hydrogen) atoms. The molecular formula is C14H16BrNO3S. The quantitative estimate of drug-likeness (QED) is 0.888. The number of benzene rings is 1. The average molecular weight is 358 g/mol. The van der Waals surface area contributed by atoms with Crippen LogP contribution in [-0.4, -0.2) is 21.3 Å². The van der Waals surface area contributed by atoms with E-state index in [1.54, 1.807) is 32.7 Å². The highest BCUT2D eigenvalue weighted by Crippen LogP contribution is 2.40. The summed E-state index contributed by atoms with van der Waals surface area (Å²) in [4.78, 5) is 0.973. The topological polar surface area (TPSA) is 53.7 Å². The summed E-state index contributed by atoms with van der Waals surface area (Å²) in [5, 5.41) is 1.96. The van der Waals surface area contributed by atoms with Crippen molar-refractivity contribution in [2.24, 2.45) is 5.73 Å². The van der Waals surface area contributed by atoms with Gasteiger partial charge in [0, 0.05) is 4.47 Å². The largest absolute Gasteiger partial charge is 0.496 e. The van der Waals surface area contributed by atoms with Crippen molar-refractivity contribution in [1.82, 2.24) is 0 Å². The van der Waals surface area contributed by atoms with Gasteiger partial charge in [-0.05, 0) is 29.1 Å². The van der Waals surface area contributed by atoms with Crippen molar-refractivity contribution in [3.05, 3.63) is 38.5 Å². The molecule has 0 aliphatic rings. The van der Waals surface area contributed by atoms with Gasteiger partial charge in [0.05, 0.1) is 32.2 Å². The zero-order valence-electron chi connectivity index (χ0n) is 11.5. The van der Waals surface area contributed by atoms with E-state index in [0.717, 1.165) is 20.7 Å². The number of methoxy groups -OCH3 is 3. The summed E-state index contributed by atoms with van der Waals surface area (Å²) in [6.07, 6.45) is 0. The van der Waals surface area contributed by atoms with E-state index in [2.05, 4.69) is 15.9 Å². The van der Waals surface area contributed by atoms with E-state index < -0.39 is 0 Å². The van der Waals surface area contributed by atoms with E-state index >= 15 is 0 Å². The third-order valence-electron chi connectivity index (χ3n) is 3.00. The lowest BCUT2D eigenvalue weighted by atomic mass is 10.1. The standard InChI is InChI=1S/C14H16BrNO3S/c1-17-10-4-5-20-14(10)13(16)8-6-11(18-2)12(19-3)7-9(8)15/h4-7,13H,16H2,1-3H3. The number of rotatable bonds is 5. The molecule has 1 aromatic carbocycles. The van der Waals surface area contributed by atoms with Crippen molar-refractivity contribution in [2.75, 3.05) is 21.3 Å². The Kier molecular flexibility index (Phi) is 4.91. The van der Waals surface area contributed by atoms with E-state index in [0.29, 0.717) is 11.5 Å². The molecule has 0 spiro atoms. The second-order valence-electron chi connectivity index (χ2n) is 4.06. The predicted molar refractivity (Wildman–Crippen MR) is 84.1 cm³/mol. The van der Waals surface area contributed by atoms with Gasteiger partial charge in [-0.1, -0.05) is 15.9 Å². The van der Waals surface area contributed by atoms with E-state index in [1.165, 1.54) is 0 Å². The van der Waals surface area contributed by atoms with Crippen LogP contribution in [-0.2, 0) is 0 Å². The molecule has 6 heteroatoms. The molecule has 1 heterocycles. The Hall–Kier alpha value is -1.24. The zero-order chi connectivity index (χ0) is 14.7. The Morgan fingerprint density at radius 1 is 1.05 bits per heavy atom. The number of halogens is 1. The van der Waals surface area contributed by atoms with Gasteiger partial charge in [0.15, 0.2) is 11.5 Å². The molecule has 1 unspecified atom stereocenters. The first-order valence-corrected chi connectivity index (χ1v) is 7.58. The van der Waals surface area contributed by atoms with E-state index in [1.807, 2.05) is 23.6 Å². The lowest BCUT2D eigenvalue weighted by molar-refractivity contribution is 0.354. The minimum Gasteiger partial charge on any atom is -0.496 e. The minimum atomic E-state index is -0.292. The van der Waals surface area contributed by atoms with Crippen LogP contribution in [0.3, 0.4) is 0 Å². The zero-order valence-corrected chi connectivity index (χ0v) is 13.9. The molecule has 0 fully saturated rings. The molecule has 0 amide bonds. The fourth-order valence-electron chi connectivity index (χ4n) is 1.95. The van der Waals surface area contributed by atoms with Crippen LogP contribution in [0, 0.1) is 0 Å². The fourth-order valence-corrected chi connectivity index (χ4v) is 3.40. The minimum absolute atomic E-state index is 0.292. The fraction of sp³-hybridized carbons (Fsp3) is 0.286. The Bertz CT molecular complexity index is 600. The van der Waals surface area contributed by atoms with Gasteiger partial charge in [-0.15, -0.1) is 11.3 Å². The summed E-state index contributed by atoms with van der Waals surface area (Å²) >= 11 is 5.10. The SMILES string of the molecule is COc1cc(Br)c(C(N)c2sccc2OC)cc1OC. The molecule has 2 N–H and O–H groups in total. The first kappa shape index (κ1) is 15.2. The van der Waals surface area contributed by atoms with Crippen LogP contribution in [0.2, 0.25) is 0 Å². The Labute approximate surface area is 130 Å². The van der Waals surface area contributed by atoms with Gasteiger partial charge in [-0.3, -0.25) is 0 Å². The van der Waals surface area contributed by atoms with Crippen molar-refractivity contribution < 1.29 is 14.2 Å². The van der Waals surface area contributed by atoms with Crippen LogP contribution in [0.25, 0.3) is 0 Å². The summed E-state index contributed by atoms with van der Waals surface area (Å²) in [6.45, 7) is 0. The van der Waals surface area contributed by atoms with Crippen molar-refractivity contribution in [3.63, 3.8) is 0 Å². The van der Waals surface area contributed by atoms with Crippen molar-refractivity contribution in [2.45, 2.75) is 6.04 Å². The number of ether oxygens (including phenoxy) is 3. The molecule has 2 aromatic rings. The maximum atomic E-state index is 6.36. The van der Waals surface area contributed by atoms with E-state index in [9.17, 15) is 0 Å². The molecule has 2 rings (SSSR count). The van der Waals surface area contributed by atoms with Crippen LogP contribution >= 0.6 is 27.3 Å². The summed E-state index contributed by atoms with van der Waals surface area (Å²) in [5.41, 5.74) is 7.28. The summed E-state index contributed by atoms with van der Waals surface area (Å²) in [5.74, 6) is 2.11. The van der Waals surface area contributed by atoms with Gasteiger partial charge < -0.3 is 19.9 Å². The second-order valence-corrected chi connectivity index (χ2v) is 5.86. The molecule has 4 nitrogen and oxygen atoms in total.